The zero-order chi connectivity index (χ0) is 16.2. The van der Waals surface area contributed by atoms with Crippen LogP contribution in [-0.2, 0) is 11.2 Å². The summed E-state index contributed by atoms with van der Waals surface area (Å²) in [4.78, 5) is 14.5. The van der Waals surface area contributed by atoms with Crippen molar-refractivity contribution in [2.75, 3.05) is 11.4 Å². The van der Waals surface area contributed by atoms with Crippen LogP contribution in [0, 0.1) is 6.92 Å². The van der Waals surface area contributed by atoms with E-state index in [0.717, 1.165) is 27.8 Å². The molecule has 1 aromatic heterocycles. The molecule has 0 spiro atoms. The number of hydrogen-bond acceptors (Lipinski definition) is 2. The topological polar surface area (TPSA) is 33.5 Å². The highest BCUT2D eigenvalue weighted by atomic mass is 16.3. The summed E-state index contributed by atoms with van der Waals surface area (Å²) in [5, 5.41) is 0.996. The van der Waals surface area contributed by atoms with E-state index in [-0.39, 0.29) is 5.91 Å². The predicted octanol–water partition coefficient (Wildman–Crippen LogP) is 4.50. The molecule has 3 nitrogen and oxygen atoms in total. The Kier molecular flexibility index (Phi) is 4.29. The average molecular weight is 305 g/mol. The second-order valence-electron chi connectivity index (χ2n) is 5.57. The first kappa shape index (κ1) is 15.1. The molecule has 0 aliphatic rings. The van der Waals surface area contributed by atoms with Crippen molar-refractivity contribution in [2.24, 2.45) is 0 Å². The molecule has 0 radical (unpaired) electrons. The summed E-state index contributed by atoms with van der Waals surface area (Å²) in [5.41, 5.74) is 3.75. The van der Waals surface area contributed by atoms with E-state index >= 15 is 0 Å². The van der Waals surface area contributed by atoms with E-state index in [1.807, 2.05) is 55.5 Å². The van der Waals surface area contributed by atoms with E-state index < -0.39 is 0 Å². The number of para-hydroxylation sites is 1. The van der Waals surface area contributed by atoms with Gasteiger partial charge in [-0.3, -0.25) is 4.79 Å². The minimum absolute atomic E-state index is 0.0272. The fourth-order valence-electron chi connectivity index (χ4n) is 2.67. The molecular weight excluding hydrogens is 286 g/mol. The maximum absolute atomic E-state index is 12.7. The Balaban J connectivity index is 1.87. The van der Waals surface area contributed by atoms with Crippen LogP contribution in [0.15, 0.2) is 71.9 Å². The van der Waals surface area contributed by atoms with Gasteiger partial charge in [0.25, 0.3) is 0 Å². The molecule has 0 bridgehead atoms. The van der Waals surface area contributed by atoms with E-state index in [1.165, 1.54) is 0 Å². The molecule has 0 aliphatic carbocycles. The first-order chi connectivity index (χ1) is 11.2. The lowest BCUT2D eigenvalue weighted by Crippen LogP contribution is -2.32. The van der Waals surface area contributed by atoms with Crippen LogP contribution >= 0.6 is 0 Å². The van der Waals surface area contributed by atoms with Gasteiger partial charge in [0, 0.05) is 23.2 Å². The number of aryl methyl sites for hydroxylation is 1. The molecule has 23 heavy (non-hydrogen) atoms. The van der Waals surface area contributed by atoms with E-state index in [2.05, 4.69) is 6.58 Å². The fraction of sp³-hybridized carbons (Fsp3) is 0.150. The molecule has 3 heteroatoms. The van der Waals surface area contributed by atoms with Crippen molar-refractivity contribution in [1.29, 1.82) is 0 Å². The first-order valence-corrected chi connectivity index (χ1v) is 7.62. The number of amides is 1. The quantitative estimate of drug-likeness (QED) is 0.650. The number of rotatable bonds is 5. The lowest BCUT2D eigenvalue weighted by Gasteiger charge is -2.21. The number of benzene rings is 2. The molecule has 1 amide bonds. The van der Waals surface area contributed by atoms with Gasteiger partial charge in [-0.2, -0.15) is 0 Å². The number of carbonyl (C=O) groups excluding carboxylic acids is 1. The third-order valence-electron chi connectivity index (χ3n) is 3.83. The number of furan rings is 1. The lowest BCUT2D eigenvalue weighted by molar-refractivity contribution is -0.117. The van der Waals surface area contributed by atoms with E-state index in [9.17, 15) is 4.79 Å². The maximum atomic E-state index is 12.7. The van der Waals surface area contributed by atoms with Gasteiger partial charge in [0.1, 0.15) is 5.58 Å². The van der Waals surface area contributed by atoms with E-state index in [1.54, 1.807) is 17.2 Å². The molecule has 0 N–H and O–H groups in total. The molecule has 0 fully saturated rings. The lowest BCUT2D eigenvalue weighted by atomic mass is 10.1. The molecule has 0 unspecified atom stereocenters. The molecular formula is C20H19NO2. The van der Waals surface area contributed by atoms with Gasteiger partial charge in [-0.25, -0.2) is 0 Å². The molecule has 3 rings (SSSR count). The monoisotopic (exact) mass is 305 g/mol. The standard InChI is InChI=1S/C20H19NO2/c1-3-11-21(17-7-5-4-6-8-17)20(22)13-16-14-23-19-12-15(2)9-10-18(16)19/h3-10,12,14H,1,11,13H2,2H3. The van der Waals surface area contributed by atoms with Crippen LogP contribution < -0.4 is 4.90 Å². The SMILES string of the molecule is C=CCN(C(=O)Cc1coc2cc(C)ccc12)c1ccccc1. The summed E-state index contributed by atoms with van der Waals surface area (Å²) in [6.07, 6.45) is 3.72. The molecule has 2 aromatic carbocycles. The van der Waals surface area contributed by atoms with E-state index in [0.29, 0.717) is 13.0 Å². The van der Waals surface area contributed by atoms with Crippen LogP contribution in [0.25, 0.3) is 11.0 Å². The molecule has 3 aromatic rings. The van der Waals surface area contributed by atoms with Gasteiger partial charge in [-0.05, 0) is 30.7 Å². The minimum atomic E-state index is 0.0272. The maximum Gasteiger partial charge on any atom is 0.231 e. The summed E-state index contributed by atoms with van der Waals surface area (Å²) in [7, 11) is 0. The number of nitrogens with zero attached hydrogens (tertiary/aromatic N) is 1. The smallest absolute Gasteiger partial charge is 0.231 e. The van der Waals surface area contributed by atoms with Crippen molar-refractivity contribution in [2.45, 2.75) is 13.3 Å². The summed E-state index contributed by atoms with van der Waals surface area (Å²) >= 11 is 0. The summed E-state index contributed by atoms with van der Waals surface area (Å²) in [5.74, 6) is 0.0272. The van der Waals surface area contributed by atoms with Gasteiger partial charge >= 0.3 is 0 Å². The molecule has 0 atom stereocenters. The zero-order valence-electron chi connectivity index (χ0n) is 13.2. The summed E-state index contributed by atoms with van der Waals surface area (Å²) in [6, 6.07) is 15.7. The normalized spacial score (nSPS) is 10.7. The number of anilines is 1. The molecule has 1 heterocycles. The van der Waals surface area contributed by atoms with Crippen molar-refractivity contribution >= 4 is 22.6 Å². The summed E-state index contributed by atoms with van der Waals surface area (Å²) < 4.78 is 5.59. The molecule has 0 aliphatic heterocycles. The fourth-order valence-corrected chi connectivity index (χ4v) is 2.67. The highest BCUT2D eigenvalue weighted by Crippen LogP contribution is 2.24. The Labute approximate surface area is 135 Å². The van der Waals surface area contributed by atoms with Gasteiger partial charge in [-0.15, -0.1) is 6.58 Å². The highest BCUT2D eigenvalue weighted by molar-refractivity contribution is 5.97. The number of hydrogen-bond donors (Lipinski definition) is 0. The number of fused-ring (bicyclic) bond motifs is 1. The van der Waals surface area contributed by atoms with Crippen molar-refractivity contribution in [3.63, 3.8) is 0 Å². The molecule has 116 valence electrons. The predicted molar refractivity (Wildman–Crippen MR) is 93.6 cm³/mol. The second-order valence-corrected chi connectivity index (χ2v) is 5.57. The van der Waals surface area contributed by atoms with Crippen LogP contribution in [0.1, 0.15) is 11.1 Å². The van der Waals surface area contributed by atoms with Crippen molar-refractivity contribution < 1.29 is 9.21 Å². The van der Waals surface area contributed by atoms with Crippen LogP contribution in [0.2, 0.25) is 0 Å². The Bertz CT molecular complexity index is 833. The molecule has 0 saturated heterocycles. The highest BCUT2D eigenvalue weighted by Gasteiger charge is 2.17. The van der Waals surface area contributed by atoms with Crippen LogP contribution in [0.5, 0.6) is 0 Å². The Hall–Kier alpha value is -2.81. The van der Waals surface area contributed by atoms with Gasteiger partial charge in [0.2, 0.25) is 5.91 Å². The second kappa shape index (κ2) is 6.53. The van der Waals surface area contributed by atoms with Gasteiger partial charge in [0.15, 0.2) is 0 Å². The minimum Gasteiger partial charge on any atom is -0.464 e. The largest absolute Gasteiger partial charge is 0.464 e. The average Bonchev–Trinajstić information content (AvgIpc) is 2.95. The zero-order valence-corrected chi connectivity index (χ0v) is 13.2. The Morgan fingerprint density at radius 3 is 2.74 bits per heavy atom. The van der Waals surface area contributed by atoms with Gasteiger partial charge in [0.05, 0.1) is 12.7 Å². The van der Waals surface area contributed by atoms with Gasteiger partial charge in [-0.1, -0.05) is 36.4 Å². The van der Waals surface area contributed by atoms with E-state index in [4.69, 9.17) is 4.42 Å². The van der Waals surface area contributed by atoms with Crippen LogP contribution in [0.3, 0.4) is 0 Å². The van der Waals surface area contributed by atoms with Gasteiger partial charge < -0.3 is 9.32 Å². The summed E-state index contributed by atoms with van der Waals surface area (Å²) in [6.45, 7) is 6.26. The van der Waals surface area contributed by atoms with Crippen molar-refractivity contribution in [3.05, 3.63) is 78.6 Å². The van der Waals surface area contributed by atoms with Crippen LogP contribution in [-0.4, -0.2) is 12.5 Å². The first-order valence-electron chi connectivity index (χ1n) is 7.62. The number of carbonyl (C=O) groups is 1. The Morgan fingerprint density at radius 2 is 2.00 bits per heavy atom. The third kappa shape index (κ3) is 3.19. The van der Waals surface area contributed by atoms with Crippen molar-refractivity contribution in [3.8, 4) is 0 Å². The molecule has 0 saturated carbocycles. The van der Waals surface area contributed by atoms with Crippen LogP contribution in [0.4, 0.5) is 5.69 Å². The van der Waals surface area contributed by atoms with Crippen molar-refractivity contribution in [1.82, 2.24) is 0 Å². The Morgan fingerprint density at radius 1 is 1.22 bits per heavy atom. The third-order valence-corrected chi connectivity index (χ3v) is 3.83.